The van der Waals surface area contributed by atoms with Gasteiger partial charge in [0.1, 0.15) is 27.2 Å². The van der Waals surface area contributed by atoms with E-state index in [-0.39, 0.29) is 36.0 Å². The number of amides is 1. The van der Waals surface area contributed by atoms with Crippen molar-refractivity contribution in [3.05, 3.63) is 29.8 Å². The monoisotopic (exact) mass is 361 g/mol. The summed E-state index contributed by atoms with van der Waals surface area (Å²) in [6, 6.07) is 3.04. The van der Waals surface area contributed by atoms with Crippen molar-refractivity contribution in [3.63, 3.8) is 0 Å². The predicted molar refractivity (Wildman–Crippen MR) is 85.5 cm³/mol. The third-order valence-corrected chi connectivity index (χ3v) is 4.82. The highest BCUT2D eigenvalue weighted by atomic mass is 32.2. The number of hydrogen-bond donors (Lipinski definition) is 1. The lowest BCUT2D eigenvalue weighted by molar-refractivity contribution is -0.121. The van der Waals surface area contributed by atoms with Gasteiger partial charge < -0.3 is 10.1 Å². The van der Waals surface area contributed by atoms with Gasteiger partial charge in [0, 0.05) is 36.9 Å². The number of hydrogen-bond acceptors (Lipinski definition) is 4. The third kappa shape index (κ3) is 6.43. The Morgan fingerprint density at radius 3 is 2.29 bits per heavy atom. The molecule has 1 fully saturated rings. The molecule has 0 spiro atoms. The number of carbonyl (C=O) groups is 1. The van der Waals surface area contributed by atoms with Crippen LogP contribution in [-0.4, -0.2) is 38.5 Å². The molecule has 24 heavy (non-hydrogen) atoms. The molecule has 0 aliphatic heterocycles. The number of benzene rings is 1. The summed E-state index contributed by atoms with van der Waals surface area (Å²) < 4.78 is 53.9. The Balaban J connectivity index is 1.76. The number of nitrogens with one attached hydrogen (secondary N) is 1. The molecule has 5 nitrogen and oxygen atoms in total. The lowest BCUT2D eigenvalue weighted by Gasteiger charge is -2.29. The number of ether oxygens (including phenoxy) is 1. The molecule has 134 valence electrons. The Labute approximate surface area is 140 Å². The van der Waals surface area contributed by atoms with Gasteiger partial charge in [-0.05, 0) is 25.7 Å². The fourth-order valence-electron chi connectivity index (χ4n) is 2.69. The zero-order valence-electron chi connectivity index (χ0n) is 13.4. The van der Waals surface area contributed by atoms with Crippen molar-refractivity contribution in [3.8, 4) is 5.75 Å². The minimum Gasteiger partial charge on any atom is -0.490 e. The first-order valence-electron chi connectivity index (χ1n) is 7.81. The highest BCUT2D eigenvalue weighted by Crippen LogP contribution is 2.25. The van der Waals surface area contributed by atoms with Crippen LogP contribution in [0.1, 0.15) is 32.1 Å². The van der Waals surface area contributed by atoms with Crippen LogP contribution in [0.2, 0.25) is 0 Å². The van der Waals surface area contributed by atoms with Gasteiger partial charge in [-0.15, -0.1) is 0 Å². The van der Waals surface area contributed by atoms with E-state index in [1.54, 1.807) is 0 Å². The molecule has 2 rings (SSSR count). The van der Waals surface area contributed by atoms with Crippen LogP contribution in [-0.2, 0) is 14.6 Å². The van der Waals surface area contributed by atoms with Crippen molar-refractivity contribution >= 4 is 15.7 Å². The molecule has 1 aliphatic carbocycles. The molecule has 1 aromatic rings. The SMILES string of the molecule is CS(=O)(=O)CCC(=O)NC1CCC(Oc2cc(F)cc(F)c2)CC1. The first kappa shape index (κ1) is 18.6. The molecule has 0 atom stereocenters. The molecule has 1 amide bonds. The topological polar surface area (TPSA) is 72.5 Å². The van der Waals surface area contributed by atoms with Crippen molar-refractivity contribution < 1.29 is 26.7 Å². The van der Waals surface area contributed by atoms with E-state index in [0.29, 0.717) is 25.7 Å². The van der Waals surface area contributed by atoms with Gasteiger partial charge in [0.15, 0.2) is 0 Å². The third-order valence-electron chi connectivity index (χ3n) is 3.88. The lowest BCUT2D eigenvalue weighted by atomic mass is 9.93. The summed E-state index contributed by atoms with van der Waals surface area (Å²) in [7, 11) is -3.15. The van der Waals surface area contributed by atoms with Crippen molar-refractivity contribution in [2.75, 3.05) is 12.0 Å². The van der Waals surface area contributed by atoms with Crippen molar-refractivity contribution in [2.24, 2.45) is 0 Å². The van der Waals surface area contributed by atoms with Crippen LogP contribution in [0, 0.1) is 11.6 Å². The summed E-state index contributed by atoms with van der Waals surface area (Å²) in [5, 5.41) is 2.82. The fourth-order valence-corrected chi connectivity index (χ4v) is 3.25. The Bertz CT molecular complexity index is 665. The van der Waals surface area contributed by atoms with E-state index >= 15 is 0 Å². The number of halogens is 2. The zero-order chi connectivity index (χ0) is 17.7. The van der Waals surface area contributed by atoms with E-state index in [1.807, 2.05) is 0 Å². The standard InChI is InChI=1S/C16H21F2NO4S/c1-24(21,22)7-6-16(20)19-13-2-4-14(5-3-13)23-15-9-11(17)8-12(18)10-15/h8-10,13-14H,2-7H2,1H3,(H,19,20). The van der Waals surface area contributed by atoms with Gasteiger partial charge in [-0.25, -0.2) is 17.2 Å². The van der Waals surface area contributed by atoms with Gasteiger partial charge in [0.2, 0.25) is 5.91 Å². The molecule has 0 unspecified atom stereocenters. The Hall–Kier alpha value is -1.70. The van der Waals surface area contributed by atoms with E-state index in [2.05, 4.69) is 5.32 Å². The van der Waals surface area contributed by atoms with Crippen LogP contribution in [0.5, 0.6) is 5.75 Å². The molecule has 8 heteroatoms. The molecule has 0 heterocycles. The van der Waals surface area contributed by atoms with Crippen LogP contribution >= 0.6 is 0 Å². The molecule has 1 aromatic carbocycles. The first-order chi connectivity index (χ1) is 11.2. The van der Waals surface area contributed by atoms with E-state index < -0.39 is 21.5 Å². The maximum absolute atomic E-state index is 13.1. The molecule has 0 bridgehead atoms. The van der Waals surface area contributed by atoms with Crippen LogP contribution < -0.4 is 10.1 Å². The second-order valence-electron chi connectivity index (χ2n) is 6.14. The molecule has 1 N–H and O–H groups in total. The summed E-state index contributed by atoms with van der Waals surface area (Å²) in [6.45, 7) is 0. The van der Waals surface area contributed by atoms with Crippen LogP contribution in [0.15, 0.2) is 18.2 Å². The van der Waals surface area contributed by atoms with E-state index in [4.69, 9.17) is 4.74 Å². The second kappa shape index (κ2) is 7.92. The fraction of sp³-hybridized carbons (Fsp3) is 0.562. The largest absolute Gasteiger partial charge is 0.490 e. The quantitative estimate of drug-likeness (QED) is 0.843. The Morgan fingerprint density at radius 1 is 1.17 bits per heavy atom. The maximum atomic E-state index is 13.1. The van der Waals surface area contributed by atoms with Crippen molar-refractivity contribution in [1.29, 1.82) is 0 Å². The Kier molecular flexibility index (Phi) is 6.15. The van der Waals surface area contributed by atoms with Gasteiger partial charge in [-0.2, -0.15) is 0 Å². The molecule has 1 aliphatic rings. The second-order valence-corrected chi connectivity index (χ2v) is 8.40. The molecular formula is C16H21F2NO4S. The average Bonchev–Trinajstić information content (AvgIpc) is 2.45. The zero-order valence-corrected chi connectivity index (χ0v) is 14.2. The summed E-state index contributed by atoms with van der Waals surface area (Å²) in [5.74, 6) is -1.65. The van der Waals surface area contributed by atoms with Gasteiger partial charge in [-0.1, -0.05) is 0 Å². The summed E-state index contributed by atoms with van der Waals surface area (Å²) in [4.78, 5) is 11.7. The number of rotatable bonds is 6. The molecule has 0 radical (unpaired) electrons. The normalized spacial score (nSPS) is 21.3. The lowest BCUT2D eigenvalue weighted by Crippen LogP contribution is -2.40. The first-order valence-corrected chi connectivity index (χ1v) is 9.87. The highest BCUT2D eigenvalue weighted by Gasteiger charge is 2.24. The van der Waals surface area contributed by atoms with Crippen molar-refractivity contribution in [1.82, 2.24) is 5.32 Å². The minimum absolute atomic E-state index is 0.0267. The van der Waals surface area contributed by atoms with Crippen molar-refractivity contribution in [2.45, 2.75) is 44.2 Å². The van der Waals surface area contributed by atoms with Gasteiger partial charge in [-0.3, -0.25) is 4.79 Å². The maximum Gasteiger partial charge on any atom is 0.221 e. The molecule has 0 aromatic heterocycles. The van der Waals surface area contributed by atoms with E-state index in [0.717, 1.165) is 24.5 Å². The van der Waals surface area contributed by atoms with Gasteiger partial charge in [0.25, 0.3) is 0 Å². The van der Waals surface area contributed by atoms with Crippen LogP contribution in [0.4, 0.5) is 8.78 Å². The Morgan fingerprint density at radius 2 is 1.75 bits per heavy atom. The van der Waals surface area contributed by atoms with Gasteiger partial charge >= 0.3 is 0 Å². The molecule has 0 saturated heterocycles. The average molecular weight is 361 g/mol. The highest BCUT2D eigenvalue weighted by molar-refractivity contribution is 7.90. The molecular weight excluding hydrogens is 340 g/mol. The molecule has 1 saturated carbocycles. The summed E-state index contributed by atoms with van der Waals surface area (Å²) >= 11 is 0. The van der Waals surface area contributed by atoms with Crippen LogP contribution in [0.3, 0.4) is 0 Å². The van der Waals surface area contributed by atoms with Crippen LogP contribution in [0.25, 0.3) is 0 Å². The number of carbonyl (C=O) groups excluding carboxylic acids is 1. The summed E-state index contributed by atoms with van der Waals surface area (Å²) in [5.41, 5.74) is 0. The summed E-state index contributed by atoms with van der Waals surface area (Å²) in [6.07, 6.45) is 3.54. The minimum atomic E-state index is -3.15. The smallest absolute Gasteiger partial charge is 0.221 e. The predicted octanol–water partition coefficient (Wildman–Crippen LogP) is 2.21. The van der Waals surface area contributed by atoms with E-state index in [1.165, 1.54) is 0 Å². The van der Waals surface area contributed by atoms with E-state index in [9.17, 15) is 22.0 Å². The van der Waals surface area contributed by atoms with Gasteiger partial charge in [0.05, 0.1) is 11.9 Å². The number of sulfone groups is 1.